The number of hydrogen-bond donors (Lipinski definition) is 2. The van der Waals surface area contributed by atoms with Crippen LogP contribution in [0, 0.1) is 11.6 Å². The summed E-state index contributed by atoms with van der Waals surface area (Å²) >= 11 is 0. The number of nitrogens with zero attached hydrogens (tertiary/aromatic N) is 2. The average Bonchev–Trinajstić information content (AvgIpc) is 2.83. The van der Waals surface area contributed by atoms with E-state index in [2.05, 4.69) is 4.98 Å². The maximum absolute atomic E-state index is 13.9. The molecule has 0 unspecified atom stereocenters. The molecule has 0 bridgehead atoms. The van der Waals surface area contributed by atoms with E-state index in [1.165, 1.54) is 0 Å². The number of aromatic amines is 1. The van der Waals surface area contributed by atoms with Crippen LogP contribution >= 0.6 is 0 Å². The van der Waals surface area contributed by atoms with Crippen molar-refractivity contribution in [3.8, 4) is 0 Å². The zero-order valence-corrected chi connectivity index (χ0v) is 17.9. The molecule has 3 N–H and O–H groups in total. The number of nitrogens with two attached hydrogens (primary N) is 1. The summed E-state index contributed by atoms with van der Waals surface area (Å²) in [6.45, 7) is -0.0523. The van der Waals surface area contributed by atoms with E-state index in [0.717, 1.165) is 33.2 Å². The maximum Gasteiger partial charge on any atom is 0.330 e. The van der Waals surface area contributed by atoms with Gasteiger partial charge in [-0.2, -0.15) is 0 Å². The molecule has 1 amide bonds. The molecule has 0 fully saturated rings. The van der Waals surface area contributed by atoms with Gasteiger partial charge in [-0.15, -0.1) is 0 Å². The van der Waals surface area contributed by atoms with Gasteiger partial charge in [0, 0.05) is 5.56 Å². The van der Waals surface area contributed by atoms with E-state index >= 15 is 0 Å². The Hall–Kier alpha value is -4.53. The predicted octanol–water partition coefficient (Wildman–Crippen LogP) is 3.29. The van der Waals surface area contributed by atoms with Gasteiger partial charge in [-0.1, -0.05) is 60.7 Å². The van der Waals surface area contributed by atoms with Gasteiger partial charge < -0.3 is 5.73 Å². The van der Waals surface area contributed by atoms with Crippen molar-refractivity contribution in [2.24, 2.45) is 0 Å². The van der Waals surface area contributed by atoms with Crippen LogP contribution in [0.5, 0.6) is 0 Å². The van der Waals surface area contributed by atoms with Crippen molar-refractivity contribution in [3.63, 3.8) is 0 Å². The summed E-state index contributed by atoms with van der Waals surface area (Å²) in [5.41, 5.74) is 5.60. The molecule has 0 atom stereocenters. The van der Waals surface area contributed by atoms with Crippen molar-refractivity contribution in [2.75, 3.05) is 10.6 Å². The molecular formula is C25H20F2N4O3. The van der Waals surface area contributed by atoms with Gasteiger partial charge in [0.2, 0.25) is 0 Å². The Morgan fingerprint density at radius 3 is 2.12 bits per heavy atom. The van der Waals surface area contributed by atoms with Crippen molar-refractivity contribution >= 4 is 17.4 Å². The number of hydrogen-bond acceptors (Lipinski definition) is 4. The molecule has 4 rings (SSSR count). The number of H-pyrrole nitrogens is 1. The molecule has 0 aliphatic heterocycles. The third kappa shape index (κ3) is 4.63. The summed E-state index contributed by atoms with van der Waals surface area (Å²) in [5.74, 6) is -3.34. The van der Waals surface area contributed by atoms with Crippen molar-refractivity contribution in [2.45, 2.75) is 13.1 Å². The first kappa shape index (κ1) is 22.7. The number of anilines is 2. The average molecular weight is 462 g/mol. The first-order valence-electron chi connectivity index (χ1n) is 10.3. The normalized spacial score (nSPS) is 10.8. The Morgan fingerprint density at radius 1 is 0.882 bits per heavy atom. The second-order valence-electron chi connectivity index (χ2n) is 7.57. The van der Waals surface area contributed by atoms with Crippen LogP contribution in [-0.2, 0) is 13.1 Å². The van der Waals surface area contributed by atoms with Gasteiger partial charge in [0.1, 0.15) is 5.82 Å². The molecule has 0 spiro atoms. The second-order valence-corrected chi connectivity index (χ2v) is 7.57. The molecule has 0 saturated heterocycles. The summed E-state index contributed by atoms with van der Waals surface area (Å²) in [6.07, 6.45) is 0. The molecule has 9 heteroatoms. The van der Waals surface area contributed by atoms with Gasteiger partial charge in [-0.25, -0.2) is 13.6 Å². The summed E-state index contributed by atoms with van der Waals surface area (Å²) in [7, 11) is 0. The zero-order valence-electron chi connectivity index (χ0n) is 17.9. The van der Waals surface area contributed by atoms with Crippen LogP contribution < -0.4 is 21.9 Å². The molecule has 1 heterocycles. The molecule has 0 aliphatic rings. The van der Waals surface area contributed by atoms with Crippen LogP contribution in [0.15, 0.2) is 88.5 Å². The lowest BCUT2D eigenvalue weighted by Gasteiger charge is -2.25. The van der Waals surface area contributed by atoms with Gasteiger partial charge in [-0.3, -0.25) is 24.0 Å². The highest BCUT2D eigenvalue weighted by Gasteiger charge is 2.26. The number of nitrogens with one attached hydrogen (secondary N) is 1. The Labute approximate surface area is 192 Å². The van der Waals surface area contributed by atoms with Crippen LogP contribution in [-0.4, -0.2) is 15.5 Å². The van der Waals surface area contributed by atoms with Crippen molar-refractivity contribution < 1.29 is 13.6 Å². The molecule has 0 radical (unpaired) electrons. The molecule has 0 saturated carbocycles. The fourth-order valence-electron chi connectivity index (χ4n) is 3.56. The smallest absolute Gasteiger partial charge is 0.330 e. The van der Waals surface area contributed by atoms with E-state index in [-0.39, 0.29) is 30.2 Å². The molecule has 1 aromatic heterocycles. The van der Waals surface area contributed by atoms with E-state index in [4.69, 9.17) is 5.73 Å². The first-order valence-corrected chi connectivity index (χ1v) is 10.3. The van der Waals surface area contributed by atoms with E-state index in [1.807, 2.05) is 6.07 Å². The van der Waals surface area contributed by atoms with E-state index < -0.39 is 28.8 Å². The number of benzene rings is 3. The van der Waals surface area contributed by atoms with Gasteiger partial charge in [0.25, 0.3) is 11.5 Å². The molecular weight excluding hydrogens is 442 g/mol. The SMILES string of the molecule is Nc1c(N(Cc2ccccc2)C(=O)c2ccc(F)c(F)c2)c(=O)[nH]c(=O)n1Cc1ccccc1. The summed E-state index contributed by atoms with van der Waals surface area (Å²) in [4.78, 5) is 42.1. The summed E-state index contributed by atoms with van der Waals surface area (Å²) in [5, 5.41) is 0. The van der Waals surface area contributed by atoms with E-state index in [0.29, 0.717) is 5.56 Å². The molecule has 7 nitrogen and oxygen atoms in total. The van der Waals surface area contributed by atoms with Gasteiger partial charge in [0.15, 0.2) is 17.3 Å². The topological polar surface area (TPSA) is 101 Å². The Balaban J connectivity index is 1.86. The lowest BCUT2D eigenvalue weighted by molar-refractivity contribution is 0.0984. The highest BCUT2D eigenvalue weighted by molar-refractivity contribution is 6.07. The zero-order chi connectivity index (χ0) is 24.2. The number of carbonyl (C=O) groups is 1. The quantitative estimate of drug-likeness (QED) is 0.459. The van der Waals surface area contributed by atoms with Crippen molar-refractivity contribution in [1.82, 2.24) is 9.55 Å². The molecule has 34 heavy (non-hydrogen) atoms. The molecule has 172 valence electrons. The standard InChI is InChI=1S/C25H20F2N4O3/c26-19-12-11-18(13-20(19)27)24(33)30(14-16-7-3-1-4-8-16)21-22(28)31(25(34)29-23(21)32)15-17-9-5-2-6-10-17/h1-13H,14-15,28H2,(H,29,32,34). The monoisotopic (exact) mass is 462 g/mol. The number of halogens is 2. The largest absolute Gasteiger partial charge is 0.383 e. The highest BCUT2D eigenvalue weighted by atomic mass is 19.2. The van der Waals surface area contributed by atoms with Crippen LogP contribution in [0.1, 0.15) is 21.5 Å². The number of aromatic nitrogens is 2. The predicted molar refractivity (Wildman–Crippen MR) is 125 cm³/mol. The van der Waals surface area contributed by atoms with Crippen molar-refractivity contribution in [1.29, 1.82) is 0 Å². The highest BCUT2D eigenvalue weighted by Crippen LogP contribution is 2.23. The Kier molecular flexibility index (Phi) is 6.35. The third-order valence-electron chi connectivity index (χ3n) is 5.26. The van der Waals surface area contributed by atoms with Gasteiger partial charge in [-0.05, 0) is 29.3 Å². The summed E-state index contributed by atoms with van der Waals surface area (Å²) in [6, 6.07) is 20.4. The third-order valence-corrected chi connectivity index (χ3v) is 5.26. The van der Waals surface area contributed by atoms with Crippen LogP contribution in [0.25, 0.3) is 0 Å². The van der Waals surface area contributed by atoms with Crippen LogP contribution in [0.4, 0.5) is 20.3 Å². The second kappa shape index (κ2) is 9.53. The van der Waals surface area contributed by atoms with Gasteiger partial charge >= 0.3 is 5.69 Å². The Morgan fingerprint density at radius 2 is 1.50 bits per heavy atom. The molecule has 4 aromatic rings. The fourth-order valence-corrected chi connectivity index (χ4v) is 3.56. The Bertz CT molecular complexity index is 1450. The lowest BCUT2D eigenvalue weighted by atomic mass is 10.1. The number of rotatable bonds is 6. The minimum absolute atomic E-state index is 0.0494. The van der Waals surface area contributed by atoms with Crippen LogP contribution in [0.2, 0.25) is 0 Å². The first-order chi connectivity index (χ1) is 16.3. The summed E-state index contributed by atoms with van der Waals surface area (Å²) < 4.78 is 28.5. The number of carbonyl (C=O) groups excluding carboxylic acids is 1. The minimum atomic E-state index is -1.21. The molecule has 3 aromatic carbocycles. The lowest BCUT2D eigenvalue weighted by Crippen LogP contribution is -2.41. The fraction of sp³-hybridized carbons (Fsp3) is 0.0800. The minimum Gasteiger partial charge on any atom is -0.383 e. The van der Waals surface area contributed by atoms with Crippen LogP contribution in [0.3, 0.4) is 0 Å². The van der Waals surface area contributed by atoms with E-state index in [9.17, 15) is 23.2 Å². The number of amides is 1. The number of nitrogen functional groups attached to an aromatic ring is 1. The van der Waals surface area contributed by atoms with Crippen molar-refractivity contribution in [3.05, 3.63) is 128 Å². The van der Waals surface area contributed by atoms with E-state index in [1.54, 1.807) is 54.6 Å². The molecule has 0 aliphatic carbocycles. The maximum atomic E-state index is 13.9. The van der Waals surface area contributed by atoms with Gasteiger partial charge in [0.05, 0.1) is 13.1 Å².